The number of hydrogen-bond acceptors (Lipinski definition) is 1. The number of carbonyl (C=O) groups is 1. The van der Waals surface area contributed by atoms with Gasteiger partial charge in [0.1, 0.15) is 0 Å². The van der Waals surface area contributed by atoms with Crippen LogP contribution in [0.4, 0.5) is 0 Å². The van der Waals surface area contributed by atoms with E-state index in [4.69, 9.17) is 0 Å². The van der Waals surface area contributed by atoms with Gasteiger partial charge in [-0.05, 0) is 31.9 Å². The molecule has 0 aliphatic rings. The molecule has 0 radical (unpaired) electrons. The van der Waals surface area contributed by atoms with E-state index >= 15 is 0 Å². The molecule has 0 saturated heterocycles. The molecule has 1 heterocycles. The Morgan fingerprint density at radius 3 is 2.94 bits per heavy atom. The van der Waals surface area contributed by atoms with E-state index in [0.717, 1.165) is 24.1 Å². The highest BCUT2D eigenvalue weighted by Crippen LogP contribution is 2.18. The van der Waals surface area contributed by atoms with Crippen molar-refractivity contribution in [1.29, 1.82) is 0 Å². The number of hydrogen-bond donors (Lipinski definition) is 2. The minimum atomic E-state index is 0.130. The van der Waals surface area contributed by atoms with E-state index in [-0.39, 0.29) is 6.04 Å². The molecule has 1 amide bonds. The summed E-state index contributed by atoms with van der Waals surface area (Å²) in [4.78, 5) is 13.5. The molecule has 86 valence electrons. The molecule has 0 bridgehead atoms. The van der Waals surface area contributed by atoms with Gasteiger partial charge < -0.3 is 10.3 Å². The fourth-order valence-corrected chi connectivity index (χ4v) is 1.71. The Kier molecular flexibility index (Phi) is 4.58. The Labute approximate surface area is 96.3 Å². The van der Waals surface area contributed by atoms with Crippen molar-refractivity contribution in [3.8, 4) is 0 Å². The molecule has 2 N–H and O–H groups in total. The van der Waals surface area contributed by atoms with E-state index in [1.807, 2.05) is 38.3 Å². The zero-order valence-electron chi connectivity index (χ0n) is 9.79. The van der Waals surface area contributed by atoms with Crippen molar-refractivity contribution in [2.75, 3.05) is 0 Å². The Morgan fingerprint density at radius 2 is 2.38 bits per heavy atom. The molecular formula is C13H18N2O. The van der Waals surface area contributed by atoms with Crippen molar-refractivity contribution in [2.45, 2.75) is 26.3 Å². The number of carbonyl (C=O) groups excluding carboxylic acids is 1. The molecule has 1 aromatic rings. The van der Waals surface area contributed by atoms with Crippen LogP contribution in [0.5, 0.6) is 0 Å². The van der Waals surface area contributed by atoms with Crippen LogP contribution in [0.3, 0.4) is 0 Å². The summed E-state index contributed by atoms with van der Waals surface area (Å²) in [6, 6.07) is 0.130. The van der Waals surface area contributed by atoms with Crippen LogP contribution in [-0.2, 0) is 11.2 Å². The average Bonchev–Trinajstić information content (AvgIpc) is 2.61. The minimum Gasteiger partial charge on any atom is -0.361 e. The van der Waals surface area contributed by atoms with Crippen LogP contribution >= 0.6 is 0 Å². The van der Waals surface area contributed by atoms with Crippen LogP contribution in [0.1, 0.15) is 30.7 Å². The van der Waals surface area contributed by atoms with Gasteiger partial charge in [0.15, 0.2) is 0 Å². The van der Waals surface area contributed by atoms with Gasteiger partial charge >= 0.3 is 0 Å². The number of aromatic nitrogens is 1. The van der Waals surface area contributed by atoms with Crippen molar-refractivity contribution in [3.63, 3.8) is 0 Å². The summed E-state index contributed by atoms with van der Waals surface area (Å²) in [7, 11) is 0. The van der Waals surface area contributed by atoms with Crippen molar-refractivity contribution in [3.05, 3.63) is 35.7 Å². The molecule has 1 atom stereocenters. The Bertz CT molecular complexity index is 391. The summed E-state index contributed by atoms with van der Waals surface area (Å²) >= 11 is 0. The summed E-state index contributed by atoms with van der Waals surface area (Å²) in [6.07, 6.45) is 9.34. The van der Waals surface area contributed by atoms with E-state index in [9.17, 15) is 4.79 Å². The lowest BCUT2D eigenvalue weighted by atomic mass is 10.0. The second-order valence-electron chi connectivity index (χ2n) is 3.74. The van der Waals surface area contributed by atoms with Gasteiger partial charge in [0.05, 0.1) is 0 Å². The molecule has 1 aromatic heterocycles. The molecule has 0 aliphatic carbocycles. The van der Waals surface area contributed by atoms with E-state index in [1.54, 1.807) is 0 Å². The summed E-state index contributed by atoms with van der Waals surface area (Å²) in [5.41, 5.74) is 3.34. The summed E-state index contributed by atoms with van der Waals surface area (Å²) in [5, 5.41) is 2.74. The topological polar surface area (TPSA) is 44.9 Å². The fraction of sp³-hybridized carbons (Fsp3) is 0.308. The Hall–Kier alpha value is -1.77. The molecular weight excluding hydrogens is 200 g/mol. The van der Waals surface area contributed by atoms with E-state index in [1.165, 1.54) is 5.56 Å². The van der Waals surface area contributed by atoms with Crippen molar-refractivity contribution in [1.82, 2.24) is 10.3 Å². The average molecular weight is 218 g/mol. The zero-order valence-corrected chi connectivity index (χ0v) is 9.79. The molecule has 0 spiro atoms. The first-order chi connectivity index (χ1) is 7.72. The Morgan fingerprint density at radius 1 is 1.62 bits per heavy atom. The van der Waals surface area contributed by atoms with Crippen molar-refractivity contribution >= 4 is 18.6 Å². The van der Waals surface area contributed by atoms with E-state index in [2.05, 4.69) is 16.9 Å². The molecule has 3 nitrogen and oxygen atoms in total. The van der Waals surface area contributed by atoms with Crippen LogP contribution in [-0.4, -0.2) is 17.4 Å². The van der Waals surface area contributed by atoms with Crippen LogP contribution < -0.4 is 5.32 Å². The van der Waals surface area contributed by atoms with Gasteiger partial charge in [-0.1, -0.05) is 18.7 Å². The first-order valence-electron chi connectivity index (χ1n) is 5.38. The van der Waals surface area contributed by atoms with Crippen LogP contribution in [0.2, 0.25) is 0 Å². The number of amides is 1. The van der Waals surface area contributed by atoms with Crippen LogP contribution in [0.15, 0.2) is 18.9 Å². The van der Waals surface area contributed by atoms with Gasteiger partial charge in [0.25, 0.3) is 0 Å². The summed E-state index contributed by atoms with van der Waals surface area (Å²) < 4.78 is 0. The lowest BCUT2D eigenvalue weighted by Crippen LogP contribution is -2.26. The normalized spacial score (nSPS) is 12.6. The second-order valence-corrected chi connectivity index (χ2v) is 3.74. The quantitative estimate of drug-likeness (QED) is 0.707. The zero-order chi connectivity index (χ0) is 12.0. The van der Waals surface area contributed by atoms with E-state index in [0.29, 0.717) is 0 Å². The lowest BCUT2D eigenvalue weighted by Gasteiger charge is -2.09. The number of nitrogens with one attached hydrogen (secondary N) is 2. The third kappa shape index (κ3) is 2.86. The second kappa shape index (κ2) is 5.95. The maximum absolute atomic E-state index is 10.3. The SMILES string of the molecule is C=Cc1c(CC(C)NC=O)c[nH]c1/C=C\C. The van der Waals surface area contributed by atoms with Gasteiger partial charge in [-0.15, -0.1) is 0 Å². The smallest absolute Gasteiger partial charge is 0.207 e. The highest BCUT2D eigenvalue weighted by molar-refractivity contribution is 5.65. The van der Waals surface area contributed by atoms with Gasteiger partial charge in [-0.2, -0.15) is 0 Å². The summed E-state index contributed by atoms with van der Waals surface area (Å²) in [6.45, 7) is 7.77. The first-order valence-corrected chi connectivity index (χ1v) is 5.38. The van der Waals surface area contributed by atoms with Crippen LogP contribution in [0, 0.1) is 0 Å². The largest absolute Gasteiger partial charge is 0.361 e. The highest BCUT2D eigenvalue weighted by Gasteiger charge is 2.09. The lowest BCUT2D eigenvalue weighted by molar-refractivity contribution is -0.110. The van der Waals surface area contributed by atoms with Gasteiger partial charge in [-0.3, -0.25) is 4.79 Å². The fourth-order valence-electron chi connectivity index (χ4n) is 1.71. The molecule has 0 fully saturated rings. The van der Waals surface area contributed by atoms with Gasteiger partial charge in [-0.25, -0.2) is 0 Å². The number of rotatable bonds is 6. The predicted octanol–water partition coefficient (Wildman–Crippen LogP) is 2.37. The maximum atomic E-state index is 10.3. The van der Waals surface area contributed by atoms with Crippen molar-refractivity contribution in [2.24, 2.45) is 0 Å². The number of aromatic amines is 1. The molecule has 16 heavy (non-hydrogen) atoms. The minimum absolute atomic E-state index is 0.130. The third-order valence-corrected chi connectivity index (χ3v) is 2.45. The monoisotopic (exact) mass is 218 g/mol. The van der Waals surface area contributed by atoms with Gasteiger partial charge in [0.2, 0.25) is 6.41 Å². The molecule has 1 rings (SSSR count). The molecule has 0 saturated carbocycles. The van der Waals surface area contributed by atoms with E-state index < -0.39 is 0 Å². The van der Waals surface area contributed by atoms with Crippen LogP contribution in [0.25, 0.3) is 12.2 Å². The highest BCUT2D eigenvalue weighted by atomic mass is 16.1. The molecule has 1 unspecified atom stereocenters. The van der Waals surface area contributed by atoms with Gasteiger partial charge in [0, 0.05) is 23.5 Å². The third-order valence-electron chi connectivity index (χ3n) is 2.45. The van der Waals surface area contributed by atoms with Crippen molar-refractivity contribution < 1.29 is 4.79 Å². The predicted molar refractivity (Wildman–Crippen MR) is 68.0 cm³/mol. The summed E-state index contributed by atoms with van der Waals surface area (Å²) in [5.74, 6) is 0. The molecule has 3 heteroatoms. The Balaban J connectivity index is 2.88. The maximum Gasteiger partial charge on any atom is 0.207 e. The first kappa shape index (κ1) is 12.3. The number of allylic oxidation sites excluding steroid dienone is 1. The molecule has 0 aromatic carbocycles. The standard InChI is InChI=1S/C13H18N2O/c1-4-6-13-12(5-2)11(8-14-13)7-10(3)15-9-16/h4-6,8-10,14H,2,7H2,1,3H3,(H,15,16)/b6-4-. The molecule has 0 aliphatic heterocycles. The number of H-pyrrole nitrogens is 1.